The Labute approximate surface area is 182 Å². The third-order valence-electron chi connectivity index (χ3n) is 5.08. The number of aromatic nitrogens is 2. The summed E-state index contributed by atoms with van der Waals surface area (Å²) in [7, 11) is 0. The molecule has 4 rings (SSSR count). The van der Waals surface area contributed by atoms with Crippen LogP contribution in [0.2, 0.25) is 0 Å². The summed E-state index contributed by atoms with van der Waals surface area (Å²) >= 11 is 0. The SMILES string of the molecule is Cc1ccc([C@H](C)NC(=O)c2ccc(Nc3cc(-c4ccccc4)ncn3)cc2)cc1. The third-order valence-corrected chi connectivity index (χ3v) is 5.08. The molecule has 5 nitrogen and oxygen atoms in total. The van der Waals surface area contributed by atoms with E-state index in [0.29, 0.717) is 11.4 Å². The van der Waals surface area contributed by atoms with Crippen LogP contribution in [0.4, 0.5) is 11.5 Å². The fourth-order valence-corrected chi connectivity index (χ4v) is 3.26. The van der Waals surface area contributed by atoms with Gasteiger partial charge in [0.1, 0.15) is 12.1 Å². The molecule has 1 amide bonds. The number of anilines is 2. The van der Waals surface area contributed by atoms with E-state index < -0.39 is 0 Å². The van der Waals surface area contributed by atoms with Gasteiger partial charge in [0.15, 0.2) is 0 Å². The van der Waals surface area contributed by atoms with Gasteiger partial charge >= 0.3 is 0 Å². The topological polar surface area (TPSA) is 66.9 Å². The highest BCUT2D eigenvalue weighted by Gasteiger charge is 2.11. The molecular weight excluding hydrogens is 384 g/mol. The summed E-state index contributed by atoms with van der Waals surface area (Å²) in [4.78, 5) is 21.3. The fourth-order valence-electron chi connectivity index (χ4n) is 3.26. The van der Waals surface area contributed by atoms with Gasteiger partial charge in [-0.05, 0) is 43.7 Å². The van der Waals surface area contributed by atoms with Crippen molar-refractivity contribution in [3.63, 3.8) is 0 Å². The van der Waals surface area contributed by atoms with E-state index in [2.05, 4.69) is 32.7 Å². The van der Waals surface area contributed by atoms with Gasteiger partial charge in [0.25, 0.3) is 5.91 Å². The highest BCUT2D eigenvalue weighted by atomic mass is 16.1. The summed E-state index contributed by atoms with van der Waals surface area (Å²) < 4.78 is 0. The highest BCUT2D eigenvalue weighted by molar-refractivity contribution is 5.94. The van der Waals surface area contributed by atoms with Gasteiger partial charge in [0.2, 0.25) is 0 Å². The number of benzene rings is 3. The normalized spacial score (nSPS) is 11.5. The average Bonchev–Trinajstić information content (AvgIpc) is 2.81. The monoisotopic (exact) mass is 408 g/mol. The molecule has 0 aliphatic carbocycles. The predicted octanol–water partition coefficient (Wildman–Crippen LogP) is 5.69. The van der Waals surface area contributed by atoms with Crippen molar-refractivity contribution in [1.29, 1.82) is 0 Å². The quantitative estimate of drug-likeness (QED) is 0.430. The second-order valence-electron chi connectivity index (χ2n) is 7.46. The summed E-state index contributed by atoms with van der Waals surface area (Å²) in [5.41, 5.74) is 5.61. The van der Waals surface area contributed by atoms with Crippen LogP contribution in [0.25, 0.3) is 11.3 Å². The number of hydrogen-bond donors (Lipinski definition) is 2. The van der Waals surface area contributed by atoms with Crippen LogP contribution in [0.1, 0.15) is 34.5 Å². The third kappa shape index (κ3) is 5.14. The zero-order chi connectivity index (χ0) is 21.6. The van der Waals surface area contributed by atoms with Crippen molar-refractivity contribution in [3.8, 4) is 11.3 Å². The maximum Gasteiger partial charge on any atom is 0.251 e. The number of hydrogen-bond acceptors (Lipinski definition) is 4. The Kier molecular flexibility index (Phi) is 6.03. The zero-order valence-corrected chi connectivity index (χ0v) is 17.5. The summed E-state index contributed by atoms with van der Waals surface area (Å²) in [5, 5.41) is 6.32. The van der Waals surface area contributed by atoms with Gasteiger partial charge in [-0.3, -0.25) is 4.79 Å². The molecule has 1 atom stereocenters. The Bertz CT molecular complexity index is 1160. The van der Waals surface area contributed by atoms with E-state index in [9.17, 15) is 4.79 Å². The molecule has 0 unspecified atom stereocenters. The molecular formula is C26H24N4O. The molecule has 0 spiro atoms. The summed E-state index contributed by atoms with van der Waals surface area (Å²) in [5.74, 6) is 0.590. The lowest BCUT2D eigenvalue weighted by atomic mass is 10.1. The second kappa shape index (κ2) is 9.22. The van der Waals surface area contributed by atoms with Crippen molar-refractivity contribution in [2.24, 2.45) is 0 Å². The molecule has 5 heteroatoms. The van der Waals surface area contributed by atoms with Gasteiger partial charge in [-0.15, -0.1) is 0 Å². The van der Waals surface area contributed by atoms with Crippen molar-refractivity contribution >= 4 is 17.4 Å². The molecule has 0 fully saturated rings. The van der Waals surface area contributed by atoms with Crippen LogP contribution in [-0.2, 0) is 0 Å². The lowest BCUT2D eigenvalue weighted by Gasteiger charge is -2.15. The first-order chi connectivity index (χ1) is 15.1. The number of rotatable bonds is 6. The molecule has 0 aliphatic rings. The van der Waals surface area contributed by atoms with E-state index in [4.69, 9.17) is 0 Å². The lowest BCUT2D eigenvalue weighted by Crippen LogP contribution is -2.26. The minimum Gasteiger partial charge on any atom is -0.346 e. The van der Waals surface area contributed by atoms with Gasteiger partial charge in [0.05, 0.1) is 11.7 Å². The second-order valence-corrected chi connectivity index (χ2v) is 7.46. The Morgan fingerprint density at radius 2 is 1.58 bits per heavy atom. The molecule has 154 valence electrons. The molecule has 0 radical (unpaired) electrons. The van der Waals surface area contributed by atoms with Crippen LogP contribution >= 0.6 is 0 Å². The Hall–Kier alpha value is -3.99. The van der Waals surface area contributed by atoms with E-state index >= 15 is 0 Å². The van der Waals surface area contributed by atoms with Crippen LogP contribution in [0, 0.1) is 6.92 Å². The van der Waals surface area contributed by atoms with Gasteiger partial charge in [-0.1, -0.05) is 60.2 Å². The molecule has 1 heterocycles. The molecule has 0 saturated carbocycles. The summed E-state index contributed by atoms with van der Waals surface area (Å²) in [6.07, 6.45) is 1.54. The maximum atomic E-state index is 12.6. The molecule has 1 aromatic heterocycles. The minimum atomic E-state index is -0.104. The molecule has 31 heavy (non-hydrogen) atoms. The smallest absolute Gasteiger partial charge is 0.251 e. The summed E-state index contributed by atoms with van der Waals surface area (Å²) in [6.45, 7) is 4.03. The van der Waals surface area contributed by atoms with E-state index in [1.54, 1.807) is 18.5 Å². The van der Waals surface area contributed by atoms with Gasteiger partial charge in [-0.2, -0.15) is 0 Å². The number of amides is 1. The van der Waals surface area contributed by atoms with Gasteiger partial charge in [-0.25, -0.2) is 9.97 Å². The molecule has 0 bridgehead atoms. The standard InChI is InChI=1S/C26H24N4O/c1-18-8-10-20(11-9-18)19(2)29-26(31)22-12-14-23(15-13-22)30-25-16-24(27-17-28-25)21-6-4-3-5-7-21/h3-17,19H,1-2H3,(H,29,31)(H,27,28,30)/t19-/m0/s1. The van der Waals surface area contributed by atoms with Crippen LogP contribution in [0.5, 0.6) is 0 Å². The zero-order valence-electron chi connectivity index (χ0n) is 17.5. The van der Waals surface area contributed by atoms with Crippen LogP contribution < -0.4 is 10.6 Å². The number of aryl methyl sites for hydroxylation is 1. The summed E-state index contributed by atoms with van der Waals surface area (Å²) in [6, 6.07) is 27.3. The molecule has 0 aliphatic heterocycles. The Balaban J connectivity index is 1.41. The average molecular weight is 409 g/mol. The number of carbonyl (C=O) groups excluding carboxylic acids is 1. The first kappa shape index (κ1) is 20.3. The van der Waals surface area contributed by atoms with Crippen molar-refractivity contribution in [2.75, 3.05) is 5.32 Å². The molecule has 0 saturated heterocycles. The lowest BCUT2D eigenvalue weighted by molar-refractivity contribution is 0.0940. The number of nitrogens with zero attached hydrogens (tertiary/aromatic N) is 2. The molecule has 4 aromatic rings. The van der Waals surface area contributed by atoms with Gasteiger partial charge in [0, 0.05) is 22.9 Å². The van der Waals surface area contributed by atoms with Crippen molar-refractivity contribution in [3.05, 3.63) is 108 Å². The first-order valence-electron chi connectivity index (χ1n) is 10.2. The van der Waals surface area contributed by atoms with Crippen molar-refractivity contribution in [1.82, 2.24) is 15.3 Å². The molecule has 2 N–H and O–H groups in total. The maximum absolute atomic E-state index is 12.6. The van der Waals surface area contributed by atoms with Crippen molar-refractivity contribution < 1.29 is 4.79 Å². The van der Waals surface area contributed by atoms with Crippen LogP contribution in [0.3, 0.4) is 0 Å². The van der Waals surface area contributed by atoms with Crippen molar-refractivity contribution in [2.45, 2.75) is 19.9 Å². The fraction of sp³-hybridized carbons (Fsp3) is 0.115. The number of carbonyl (C=O) groups is 1. The van der Waals surface area contributed by atoms with Gasteiger partial charge < -0.3 is 10.6 Å². The van der Waals surface area contributed by atoms with Crippen LogP contribution in [0.15, 0.2) is 91.3 Å². The van der Waals surface area contributed by atoms with E-state index in [1.165, 1.54) is 5.56 Å². The van der Waals surface area contributed by atoms with Crippen LogP contribution in [-0.4, -0.2) is 15.9 Å². The van der Waals surface area contributed by atoms with E-state index in [-0.39, 0.29) is 11.9 Å². The largest absolute Gasteiger partial charge is 0.346 e. The predicted molar refractivity (Wildman–Crippen MR) is 124 cm³/mol. The van der Waals surface area contributed by atoms with E-state index in [1.807, 2.05) is 74.5 Å². The van der Waals surface area contributed by atoms with E-state index in [0.717, 1.165) is 22.5 Å². The minimum absolute atomic E-state index is 0.0664. The Morgan fingerprint density at radius 1 is 0.871 bits per heavy atom. The molecule has 3 aromatic carbocycles. The Morgan fingerprint density at radius 3 is 2.29 bits per heavy atom. The highest BCUT2D eigenvalue weighted by Crippen LogP contribution is 2.21. The first-order valence-corrected chi connectivity index (χ1v) is 10.2. The number of nitrogens with one attached hydrogen (secondary N) is 2.